The zero-order valence-electron chi connectivity index (χ0n) is 11.4. The Hall–Kier alpha value is -2.47. The smallest absolute Gasteiger partial charge is 0.301 e. The molecule has 0 aliphatic rings. The Morgan fingerprint density at radius 1 is 1.25 bits per heavy atom. The van der Waals surface area contributed by atoms with Crippen molar-refractivity contribution in [1.29, 1.82) is 0 Å². The van der Waals surface area contributed by atoms with Gasteiger partial charge in [-0.1, -0.05) is 30.3 Å². The van der Waals surface area contributed by atoms with Gasteiger partial charge in [-0.05, 0) is 11.6 Å². The second-order valence-corrected chi connectivity index (χ2v) is 3.82. The van der Waals surface area contributed by atoms with E-state index in [4.69, 9.17) is 4.84 Å². The molecule has 0 spiro atoms. The number of amides is 3. The van der Waals surface area contributed by atoms with Crippen molar-refractivity contribution < 1.29 is 19.2 Å². The number of carbonyl (C=O) groups is 3. The molecule has 0 unspecified atom stereocenters. The summed E-state index contributed by atoms with van der Waals surface area (Å²) in [5.74, 6) is -0.588. The van der Waals surface area contributed by atoms with Crippen LogP contribution in [0.1, 0.15) is 5.56 Å². The van der Waals surface area contributed by atoms with E-state index in [1.807, 2.05) is 30.3 Å². The van der Waals surface area contributed by atoms with Gasteiger partial charge in [0, 0.05) is 13.1 Å². The highest BCUT2D eigenvalue weighted by Gasteiger charge is 2.22. The third-order valence-electron chi connectivity index (χ3n) is 2.52. The van der Waals surface area contributed by atoms with Crippen molar-refractivity contribution in [2.45, 2.75) is 0 Å². The fourth-order valence-electron chi connectivity index (χ4n) is 1.41. The molecule has 0 aliphatic carbocycles. The topological polar surface area (TPSA) is 66.9 Å². The van der Waals surface area contributed by atoms with Crippen LogP contribution in [-0.4, -0.2) is 48.9 Å². The van der Waals surface area contributed by atoms with Crippen molar-refractivity contribution in [3.63, 3.8) is 0 Å². The van der Waals surface area contributed by atoms with Crippen molar-refractivity contribution in [3.8, 4) is 0 Å². The van der Waals surface area contributed by atoms with Gasteiger partial charge in [0.1, 0.15) is 6.29 Å². The number of hydrogen-bond donors (Lipinski definition) is 0. The maximum Gasteiger partial charge on any atom is 0.351 e. The van der Waals surface area contributed by atoms with Crippen molar-refractivity contribution in [1.82, 2.24) is 9.96 Å². The molecule has 0 radical (unpaired) electrons. The number of hydrogen-bond acceptors (Lipinski definition) is 4. The molecule has 0 N–H and O–H groups in total. The van der Waals surface area contributed by atoms with E-state index >= 15 is 0 Å². The molecule has 6 heteroatoms. The predicted octanol–water partition coefficient (Wildman–Crippen LogP) is 1.34. The Balaban J connectivity index is 2.81. The molecule has 0 bridgehead atoms. The van der Waals surface area contributed by atoms with Gasteiger partial charge in [0.15, 0.2) is 0 Å². The molecular formula is C14H16N2O4. The number of carbonyl (C=O) groups excluding carboxylic acids is 3. The van der Waals surface area contributed by atoms with Crippen molar-refractivity contribution in [2.24, 2.45) is 0 Å². The molecule has 0 saturated carbocycles. The van der Waals surface area contributed by atoms with Crippen LogP contribution < -0.4 is 0 Å². The van der Waals surface area contributed by atoms with Gasteiger partial charge < -0.3 is 4.79 Å². The van der Waals surface area contributed by atoms with Crippen LogP contribution >= 0.6 is 0 Å². The molecule has 0 fully saturated rings. The molecule has 106 valence electrons. The lowest BCUT2D eigenvalue weighted by Gasteiger charge is -2.22. The third kappa shape index (κ3) is 4.33. The molecule has 1 rings (SSSR count). The molecule has 3 amide bonds. The molecule has 0 heterocycles. The van der Waals surface area contributed by atoms with Crippen LogP contribution in [0.3, 0.4) is 0 Å². The van der Waals surface area contributed by atoms with Crippen LogP contribution in [0, 0.1) is 0 Å². The highest BCUT2D eigenvalue weighted by atomic mass is 16.7. The number of urea groups is 1. The van der Waals surface area contributed by atoms with Gasteiger partial charge in [-0.3, -0.25) is 14.5 Å². The summed E-state index contributed by atoms with van der Waals surface area (Å²) >= 11 is 0. The quantitative estimate of drug-likeness (QED) is 0.462. The number of benzene rings is 1. The summed E-state index contributed by atoms with van der Waals surface area (Å²) in [4.78, 5) is 39.8. The average molecular weight is 276 g/mol. The first kappa shape index (κ1) is 15.6. The lowest BCUT2D eigenvalue weighted by Crippen LogP contribution is -2.44. The van der Waals surface area contributed by atoms with E-state index < -0.39 is 11.9 Å². The zero-order chi connectivity index (χ0) is 15.0. The van der Waals surface area contributed by atoms with Gasteiger partial charge in [-0.2, -0.15) is 0 Å². The lowest BCUT2D eigenvalue weighted by molar-refractivity contribution is -0.130. The summed E-state index contributed by atoms with van der Waals surface area (Å²) in [5, 5.41) is 0.873. The minimum absolute atomic E-state index is 0.329. The van der Waals surface area contributed by atoms with E-state index in [1.54, 1.807) is 6.08 Å². The average Bonchev–Trinajstić information content (AvgIpc) is 2.49. The minimum Gasteiger partial charge on any atom is -0.301 e. The van der Waals surface area contributed by atoms with E-state index in [-0.39, 0.29) is 6.54 Å². The first-order chi connectivity index (χ1) is 9.60. The molecule has 1 aromatic rings. The van der Waals surface area contributed by atoms with Crippen LogP contribution in [0.15, 0.2) is 36.4 Å². The Kier molecular flexibility index (Phi) is 6.12. The Labute approximate surface area is 117 Å². The maximum atomic E-state index is 11.9. The van der Waals surface area contributed by atoms with E-state index in [0.29, 0.717) is 6.29 Å². The van der Waals surface area contributed by atoms with E-state index in [2.05, 4.69) is 0 Å². The number of aldehydes is 1. The Morgan fingerprint density at radius 3 is 2.45 bits per heavy atom. The normalized spacial score (nSPS) is 10.3. The zero-order valence-corrected chi connectivity index (χ0v) is 11.4. The van der Waals surface area contributed by atoms with Crippen LogP contribution in [-0.2, 0) is 14.4 Å². The highest BCUT2D eigenvalue weighted by Crippen LogP contribution is 2.03. The van der Waals surface area contributed by atoms with E-state index in [0.717, 1.165) is 15.5 Å². The Morgan fingerprint density at radius 2 is 1.90 bits per heavy atom. The van der Waals surface area contributed by atoms with E-state index in [9.17, 15) is 14.4 Å². The molecule has 0 saturated heterocycles. The van der Waals surface area contributed by atoms with Gasteiger partial charge in [0.2, 0.25) is 0 Å². The summed E-state index contributed by atoms with van der Waals surface area (Å²) in [5.41, 5.74) is 0.819. The highest BCUT2D eigenvalue weighted by molar-refractivity contribution is 6.03. The molecule has 0 atom stereocenters. The molecule has 6 nitrogen and oxygen atoms in total. The molecule has 0 aromatic heterocycles. The molecule has 0 aliphatic heterocycles. The van der Waals surface area contributed by atoms with E-state index in [1.165, 1.54) is 20.2 Å². The van der Waals surface area contributed by atoms with Gasteiger partial charge in [-0.15, -0.1) is 0 Å². The fourth-order valence-corrected chi connectivity index (χ4v) is 1.41. The van der Waals surface area contributed by atoms with Crippen molar-refractivity contribution >= 4 is 24.3 Å². The second kappa shape index (κ2) is 7.85. The van der Waals surface area contributed by atoms with Gasteiger partial charge in [-0.25, -0.2) is 9.86 Å². The van der Waals surface area contributed by atoms with Crippen molar-refractivity contribution in [2.75, 3.05) is 20.7 Å². The van der Waals surface area contributed by atoms with Crippen LogP contribution in [0.5, 0.6) is 0 Å². The summed E-state index contributed by atoms with van der Waals surface area (Å²) < 4.78 is 0. The number of imide groups is 1. The summed E-state index contributed by atoms with van der Waals surface area (Å²) in [6.45, 7) is -0.329. The summed E-state index contributed by atoms with van der Waals surface area (Å²) in [6.07, 6.45) is 3.29. The molecule has 1 aromatic carbocycles. The maximum absolute atomic E-state index is 11.9. The summed E-state index contributed by atoms with van der Waals surface area (Å²) in [6, 6.07) is 8.44. The van der Waals surface area contributed by atoms with Gasteiger partial charge >= 0.3 is 6.03 Å². The lowest BCUT2D eigenvalue weighted by atomic mass is 10.2. The van der Waals surface area contributed by atoms with Crippen LogP contribution in [0.25, 0.3) is 6.08 Å². The summed E-state index contributed by atoms with van der Waals surface area (Å²) in [7, 11) is 2.65. The first-order valence-electron chi connectivity index (χ1n) is 5.90. The number of rotatable bonds is 5. The third-order valence-corrected chi connectivity index (χ3v) is 2.52. The minimum atomic E-state index is -0.706. The first-order valence-corrected chi connectivity index (χ1v) is 5.90. The molecular weight excluding hydrogens is 260 g/mol. The van der Waals surface area contributed by atoms with Gasteiger partial charge in [0.25, 0.3) is 5.91 Å². The van der Waals surface area contributed by atoms with Crippen LogP contribution in [0.4, 0.5) is 4.79 Å². The second-order valence-electron chi connectivity index (χ2n) is 3.82. The standard InChI is InChI=1S/C14H16N2O4/c1-15(20-2)14(19)16(10-11-17)13(18)9-8-12-6-4-3-5-7-12/h3-9,11H,10H2,1-2H3. The Bertz CT molecular complexity index is 499. The number of hydroxylamine groups is 2. The monoisotopic (exact) mass is 276 g/mol. The fraction of sp³-hybridized carbons (Fsp3) is 0.214. The van der Waals surface area contributed by atoms with Crippen LogP contribution in [0.2, 0.25) is 0 Å². The largest absolute Gasteiger partial charge is 0.351 e. The van der Waals surface area contributed by atoms with Crippen molar-refractivity contribution in [3.05, 3.63) is 42.0 Å². The predicted molar refractivity (Wildman–Crippen MR) is 73.4 cm³/mol. The molecule has 20 heavy (non-hydrogen) atoms. The van der Waals surface area contributed by atoms with Gasteiger partial charge in [0.05, 0.1) is 13.7 Å². The SMILES string of the molecule is CON(C)C(=O)N(CC=O)C(=O)C=Cc1ccccc1. The number of nitrogens with zero attached hydrogens (tertiary/aromatic N) is 2.